The molecule has 0 radical (unpaired) electrons. The number of nitrogens with zero attached hydrogens (tertiary/aromatic N) is 1. The zero-order chi connectivity index (χ0) is 12.1. The zero-order valence-electron chi connectivity index (χ0n) is 8.67. The predicted octanol–water partition coefficient (Wildman–Crippen LogP) is 0.371. The molecule has 0 saturated carbocycles. The molecule has 0 spiro atoms. The molecule has 4 nitrogen and oxygen atoms in total. The van der Waals surface area contributed by atoms with E-state index in [2.05, 4.69) is 4.74 Å². The van der Waals surface area contributed by atoms with E-state index in [4.69, 9.17) is 5.73 Å². The fraction of sp³-hybridized carbons (Fsp3) is 0.875. The molecule has 2 N–H and O–H groups in total. The second-order valence-electron chi connectivity index (χ2n) is 3.17. The molecule has 1 unspecified atom stereocenters. The van der Waals surface area contributed by atoms with Gasteiger partial charge in [0.1, 0.15) is 6.04 Å². The molecule has 15 heavy (non-hydrogen) atoms. The van der Waals surface area contributed by atoms with E-state index in [0.29, 0.717) is 0 Å². The molecule has 0 rings (SSSR count). The molecule has 0 aliphatic rings. The maximum absolute atomic E-state index is 11.9. The van der Waals surface area contributed by atoms with Crippen molar-refractivity contribution >= 4 is 5.97 Å². The summed E-state index contributed by atoms with van der Waals surface area (Å²) in [4.78, 5) is 11.9. The van der Waals surface area contributed by atoms with Gasteiger partial charge >= 0.3 is 12.1 Å². The normalized spacial score (nSPS) is 14.1. The molecule has 90 valence electrons. The van der Waals surface area contributed by atoms with Gasteiger partial charge < -0.3 is 10.5 Å². The van der Waals surface area contributed by atoms with Crippen LogP contribution in [0.4, 0.5) is 13.2 Å². The van der Waals surface area contributed by atoms with Gasteiger partial charge in [0.25, 0.3) is 0 Å². The van der Waals surface area contributed by atoms with Gasteiger partial charge in [-0.1, -0.05) is 0 Å². The number of alkyl halides is 3. The Labute approximate surface area is 86.2 Å². The Balaban J connectivity index is 3.96. The smallest absolute Gasteiger partial charge is 0.401 e. The quantitative estimate of drug-likeness (QED) is 0.691. The number of ether oxygens (including phenoxy) is 1. The van der Waals surface area contributed by atoms with Crippen molar-refractivity contribution in [2.75, 3.05) is 26.7 Å². The number of nitrogens with two attached hydrogens (primary N) is 1. The number of esters is 1. The van der Waals surface area contributed by atoms with Gasteiger partial charge in [-0.05, 0) is 14.0 Å². The Kier molecular flexibility index (Phi) is 5.59. The van der Waals surface area contributed by atoms with Crippen LogP contribution < -0.4 is 5.73 Å². The van der Waals surface area contributed by atoms with Crippen LogP contribution in [0.5, 0.6) is 0 Å². The maximum atomic E-state index is 11.9. The molecule has 0 aliphatic heterocycles. The van der Waals surface area contributed by atoms with Gasteiger partial charge in [0.2, 0.25) is 0 Å². The summed E-state index contributed by atoms with van der Waals surface area (Å²) in [5.41, 5.74) is 5.34. The molecule has 0 aromatic carbocycles. The molecule has 0 aliphatic carbocycles. The Morgan fingerprint density at radius 2 is 2.07 bits per heavy atom. The summed E-state index contributed by atoms with van der Waals surface area (Å²) in [6, 6.07) is -1.04. The molecular weight excluding hydrogens is 213 g/mol. The first-order valence-corrected chi connectivity index (χ1v) is 4.43. The number of carbonyl (C=O) groups excluding carboxylic acids is 1. The fourth-order valence-electron chi connectivity index (χ4n) is 1.03. The second kappa shape index (κ2) is 5.92. The van der Waals surface area contributed by atoms with Crippen molar-refractivity contribution in [3.05, 3.63) is 0 Å². The summed E-state index contributed by atoms with van der Waals surface area (Å²) in [5, 5.41) is 0. The minimum absolute atomic E-state index is 0.162. The lowest BCUT2D eigenvalue weighted by molar-refractivity contribution is -0.151. The Hall–Kier alpha value is -0.820. The van der Waals surface area contributed by atoms with Gasteiger partial charge in [-0.15, -0.1) is 0 Å². The van der Waals surface area contributed by atoms with Crippen LogP contribution in [0.25, 0.3) is 0 Å². The van der Waals surface area contributed by atoms with Crippen LogP contribution in [-0.2, 0) is 9.53 Å². The van der Waals surface area contributed by atoms with Crippen molar-refractivity contribution in [3.63, 3.8) is 0 Å². The molecule has 0 fully saturated rings. The largest absolute Gasteiger partial charge is 0.465 e. The average molecular weight is 228 g/mol. The molecule has 0 heterocycles. The van der Waals surface area contributed by atoms with Crippen LogP contribution in [0, 0.1) is 0 Å². The minimum Gasteiger partial charge on any atom is -0.465 e. The third kappa shape index (κ3) is 7.15. The van der Waals surface area contributed by atoms with E-state index in [1.165, 1.54) is 7.05 Å². The lowest BCUT2D eigenvalue weighted by Gasteiger charge is -2.21. The first kappa shape index (κ1) is 14.2. The van der Waals surface area contributed by atoms with Gasteiger partial charge in [0.15, 0.2) is 0 Å². The molecule has 1 atom stereocenters. The van der Waals surface area contributed by atoms with E-state index in [1.807, 2.05) is 0 Å². The molecule has 0 bridgehead atoms. The summed E-state index contributed by atoms with van der Waals surface area (Å²) >= 11 is 0. The van der Waals surface area contributed by atoms with Crippen molar-refractivity contribution < 1.29 is 22.7 Å². The standard InChI is InChI=1S/C8H15F3N2O2/c1-3-15-7(14)6(12)4-13(2)5-8(9,10)11/h6H,3-5,12H2,1-2H3. The number of hydrogen-bond acceptors (Lipinski definition) is 4. The van der Waals surface area contributed by atoms with Crippen molar-refractivity contribution in [1.82, 2.24) is 4.90 Å². The molecule has 0 saturated heterocycles. The lowest BCUT2D eigenvalue weighted by atomic mass is 10.3. The highest BCUT2D eigenvalue weighted by molar-refractivity contribution is 5.75. The van der Waals surface area contributed by atoms with Crippen LogP contribution in [0.2, 0.25) is 0 Å². The van der Waals surface area contributed by atoms with E-state index in [1.54, 1.807) is 6.92 Å². The van der Waals surface area contributed by atoms with E-state index in [0.717, 1.165) is 4.90 Å². The van der Waals surface area contributed by atoms with E-state index in [-0.39, 0.29) is 13.2 Å². The monoisotopic (exact) mass is 228 g/mol. The number of likely N-dealkylation sites (N-methyl/N-ethyl adjacent to an activating group) is 1. The highest BCUT2D eigenvalue weighted by atomic mass is 19.4. The van der Waals surface area contributed by atoms with Crippen LogP contribution in [0.15, 0.2) is 0 Å². The Bertz CT molecular complexity index is 209. The van der Waals surface area contributed by atoms with Crippen molar-refractivity contribution in [3.8, 4) is 0 Å². The van der Waals surface area contributed by atoms with Crippen LogP contribution in [-0.4, -0.2) is 49.8 Å². The molecular formula is C8H15F3N2O2. The molecule has 0 amide bonds. The third-order valence-corrected chi connectivity index (χ3v) is 1.55. The number of hydrogen-bond donors (Lipinski definition) is 1. The summed E-state index contributed by atoms with van der Waals surface area (Å²) in [6.07, 6.45) is -4.29. The topological polar surface area (TPSA) is 55.6 Å². The van der Waals surface area contributed by atoms with Gasteiger partial charge in [-0.3, -0.25) is 9.69 Å². The van der Waals surface area contributed by atoms with Gasteiger partial charge in [0, 0.05) is 6.54 Å². The number of rotatable bonds is 5. The second-order valence-corrected chi connectivity index (χ2v) is 3.17. The first-order valence-electron chi connectivity index (χ1n) is 4.43. The third-order valence-electron chi connectivity index (χ3n) is 1.55. The van der Waals surface area contributed by atoms with E-state index >= 15 is 0 Å². The molecule has 0 aromatic heterocycles. The number of halogens is 3. The zero-order valence-corrected chi connectivity index (χ0v) is 8.67. The van der Waals surface area contributed by atoms with Gasteiger partial charge in [-0.25, -0.2) is 0 Å². The average Bonchev–Trinajstić information content (AvgIpc) is 2.00. The predicted molar refractivity (Wildman–Crippen MR) is 48.2 cm³/mol. The van der Waals surface area contributed by atoms with Gasteiger partial charge in [-0.2, -0.15) is 13.2 Å². The SMILES string of the molecule is CCOC(=O)C(N)CN(C)CC(F)(F)F. The van der Waals surface area contributed by atoms with Crippen LogP contribution in [0.1, 0.15) is 6.92 Å². The van der Waals surface area contributed by atoms with Crippen molar-refractivity contribution in [2.24, 2.45) is 5.73 Å². The maximum Gasteiger partial charge on any atom is 0.401 e. The fourth-order valence-corrected chi connectivity index (χ4v) is 1.03. The van der Waals surface area contributed by atoms with Crippen LogP contribution in [0.3, 0.4) is 0 Å². The Morgan fingerprint density at radius 1 is 1.53 bits per heavy atom. The number of carbonyl (C=O) groups is 1. The summed E-state index contributed by atoms with van der Waals surface area (Å²) in [7, 11) is 1.24. The molecule has 0 aromatic rings. The first-order chi connectivity index (χ1) is 6.76. The summed E-state index contributed by atoms with van der Waals surface area (Å²) in [5.74, 6) is -0.688. The van der Waals surface area contributed by atoms with E-state index in [9.17, 15) is 18.0 Å². The van der Waals surface area contributed by atoms with E-state index < -0.39 is 24.7 Å². The summed E-state index contributed by atoms with van der Waals surface area (Å²) in [6.45, 7) is 0.484. The minimum atomic E-state index is -4.29. The van der Waals surface area contributed by atoms with Gasteiger partial charge in [0.05, 0.1) is 13.2 Å². The van der Waals surface area contributed by atoms with Crippen molar-refractivity contribution in [2.45, 2.75) is 19.1 Å². The summed E-state index contributed by atoms with van der Waals surface area (Å²) < 4.78 is 40.3. The highest BCUT2D eigenvalue weighted by Crippen LogP contribution is 2.15. The Morgan fingerprint density at radius 3 is 2.47 bits per heavy atom. The lowest BCUT2D eigenvalue weighted by Crippen LogP contribution is -2.44. The van der Waals surface area contributed by atoms with Crippen molar-refractivity contribution in [1.29, 1.82) is 0 Å². The highest BCUT2D eigenvalue weighted by Gasteiger charge is 2.30. The van der Waals surface area contributed by atoms with Crippen LogP contribution >= 0.6 is 0 Å². The molecule has 7 heteroatoms.